The van der Waals surface area contributed by atoms with E-state index in [1.807, 2.05) is 12.3 Å². The fourth-order valence-electron chi connectivity index (χ4n) is 4.52. The molecule has 144 valence electrons. The summed E-state index contributed by atoms with van der Waals surface area (Å²) in [5.41, 5.74) is 3.42. The Hall–Kier alpha value is -1.58. The molecule has 5 heteroatoms. The number of likely N-dealkylation sites (tertiary alicyclic amines) is 1. The maximum Gasteiger partial charge on any atom is 0.222 e. The van der Waals surface area contributed by atoms with Crippen molar-refractivity contribution in [2.45, 2.75) is 51.0 Å². The van der Waals surface area contributed by atoms with Gasteiger partial charge in [-0.15, -0.1) is 12.4 Å². The van der Waals surface area contributed by atoms with Crippen molar-refractivity contribution in [3.05, 3.63) is 53.3 Å². The van der Waals surface area contributed by atoms with Crippen LogP contribution in [0.5, 0.6) is 0 Å². The molecule has 1 saturated carbocycles. The molecule has 27 heavy (non-hydrogen) atoms. The molecule has 4 rings (SSSR count). The van der Waals surface area contributed by atoms with Gasteiger partial charge < -0.3 is 4.90 Å². The van der Waals surface area contributed by atoms with Crippen LogP contribution in [0.3, 0.4) is 0 Å². The fraction of sp³-hybridized carbons (Fsp3) is 0.455. The third-order valence-electron chi connectivity index (χ3n) is 5.86. The van der Waals surface area contributed by atoms with Crippen molar-refractivity contribution in [3.8, 4) is 11.1 Å². The first kappa shape index (κ1) is 20.2. The summed E-state index contributed by atoms with van der Waals surface area (Å²) in [7, 11) is 0. The number of hydrogen-bond acceptors (Lipinski definition) is 2. The number of halogens is 2. The zero-order valence-electron chi connectivity index (χ0n) is 15.4. The van der Waals surface area contributed by atoms with Gasteiger partial charge in [0, 0.05) is 42.0 Å². The Morgan fingerprint density at radius 3 is 2.74 bits per heavy atom. The molecule has 0 spiro atoms. The van der Waals surface area contributed by atoms with E-state index in [0.29, 0.717) is 17.9 Å². The molecule has 2 heterocycles. The van der Waals surface area contributed by atoms with E-state index in [0.717, 1.165) is 54.8 Å². The number of carbonyl (C=O) groups is 1. The average molecular weight is 405 g/mol. The molecule has 0 radical (unpaired) electrons. The molecule has 2 aliphatic rings. The van der Waals surface area contributed by atoms with Gasteiger partial charge in [0.25, 0.3) is 0 Å². The van der Waals surface area contributed by atoms with Crippen molar-refractivity contribution < 1.29 is 4.79 Å². The molecule has 0 N–H and O–H groups in total. The van der Waals surface area contributed by atoms with Crippen LogP contribution in [0.4, 0.5) is 0 Å². The summed E-state index contributed by atoms with van der Waals surface area (Å²) < 4.78 is 0. The van der Waals surface area contributed by atoms with Gasteiger partial charge in [-0.1, -0.05) is 36.2 Å². The molecular weight excluding hydrogens is 379 g/mol. The van der Waals surface area contributed by atoms with Gasteiger partial charge >= 0.3 is 0 Å². The number of carbonyl (C=O) groups excluding carboxylic acids is 1. The minimum Gasteiger partial charge on any atom is -0.340 e. The molecule has 1 aliphatic carbocycles. The van der Waals surface area contributed by atoms with E-state index in [9.17, 15) is 4.79 Å². The van der Waals surface area contributed by atoms with Gasteiger partial charge in [0.1, 0.15) is 0 Å². The first-order valence-electron chi connectivity index (χ1n) is 9.69. The highest BCUT2D eigenvalue weighted by Crippen LogP contribution is 2.34. The predicted octanol–water partition coefficient (Wildman–Crippen LogP) is 5.55. The zero-order chi connectivity index (χ0) is 17.9. The second kappa shape index (κ2) is 9.07. The van der Waals surface area contributed by atoms with Crippen molar-refractivity contribution >= 4 is 29.9 Å². The highest BCUT2D eigenvalue weighted by molar-refractivity contribution is 6.31. The number of pyridine rings is 1. The topological polar surface area (TPSA) is 33.2 Å². The smallest absolute Gasteiger partial charge is 0.222 e. The average Bonchev–Trinajstić information content (AvgIpc) is 3.10. The molecule has 1 amide bonds. The number of rotatable bonds is 4. The number of benzene rings is 1. The van der Waals surface area contributed by atoms with E-state index >= 15 is 0 Å². The van der Waals surface area contributed by atoms with E-state index < -0.39 is 0 Å². The summed E-state index contributed by atoms with van der Waals surface area (Å²) >= 11 is 6.60. The quantitative estimate of drug-likeness (QED) is 0.669. The van der Waals surface area contributed by atoms with Gasteiger partial charge in [0.2, 0.25) is 5.91 Å². The number of aromatic nitrogens is 1. The van der Waals surface area contributed by atoms with E-state index in [4.69, 9.17) is 11.6 Å². The molecule has 1 aromatic heterocycles. The normalized spacial score (nSPS) is 22.6. The molecule has 0 bridgehead atoms. The van der Waals surface area contributed by atoms with Crippen LogP contribution in [0.15, 0.2) is 42.7 Å². The Bertz CT molecular complexity index is 781. The van der Waals surface area contributed by atoms with Crippen LogP contribution >= 0.6 is 24.0 Å². The summed E-state index contributed by atoms with van der Waals surface area (Å²) in [5, 5.41) is 0.839. The number of amides is 1. The van der Waals surface area contributed by atoms with Gasteiger partial charge in [-0.2, -0.15) is 0 Å². The van der Waals surface area contributed by atoms with Crippen LogP contribution in [0.1, 0.15) is 44.1 Å². The lowest BCUT2D eigenvalue weighted by Gasteiger charge is -2.35. The Morgan fingerprint density at radius 2 is 2.04 bits per heavy atom. The summed E-state index contributed by atoms with van der Waals surface area (Å²) in [6.45, 7) is 0.955. The number of hydrogen-bond donors (Lipinski definition) is 0. The van der Waals surface area contributed by atoms with E-state index in [2.05, 4.69) is 34.1 Å². The van der Waals surface area contributed by atoms with E-state index in [-0.39, 0.29) is 12.4 Å². The predicted molar refractivity (Wildman–Crippen MR) is 112 cm³/mol. The SMILES string of the molecule is Cl.O=C1CCCN1C1CCCC(Cc2ccc(-c3cccnc3)cc2Cl)C1. The minimum atomic E-state index is 0. The van der Waals surface area contributed by atoms with Crippen molar-refractivity contribution in [2.75, 3.05) is 6.54 Å². The molecule has 3 nitrogen and oxygen atoms in total. The lowest BCUT2D eigenvalue weighted by molar-refractivity contribution is -0.130. The van der Waals surface area contributed by atoms with Crippen molar-refractivity contribution in [1.82, 2.24) is 9.88 Å². The van der Waals surface area contributed by atoms with E-state index in [1.165, 1.54) is 18.4 Å². The van der Waals surface area contributed by atoms with Gasteiger partial charge in [-0.3, -0.25) is 9.78 Å². The summed E-state index contributed by atoms with van der Waals surface area (Å²) in [6, 6.07) is 10.8. The van der Waals surface area contributed by atoms with Crippen LogP contribution in [0, 0.1) is 5.92 Å². The molecule has 2 aromatic rings. The van der Waals surface area contributed by atoms with Crippen LogP contribution in [-0.4, -0.2) is 28.4 Å². The van der Waals surface area contributed by atoms with Gasteiger partial charge in [-0.05, 0) is 61.3 Å². The summed E-state index contributed by atoms with van der Waals surface area (Å²) in [4.78, 5) is 18.4. The fourth-order valence-corrected chi connectivity index (χ4v) is 4.78. The molecule has 2 fully saturated rings. The summed E-state index contributed by atoms with van der Waals surface area (Å²) in [6.07, 6.45) is 11.1. The van der Waals surface area contributed by atoms with Crippen LogP contribution in [0.25, 0.3) is 11.1 Å². The Morgan fingerprint density at radius 1 is 1.15 bits per heavy atom. The highest BCUT2D eigenvalue weighted by atomic mass is 35.5. The third-order valence-corrected chi connectivity index (χ3v) is 6.21. The van der Waals surface area contributed by atoms with Crippen molar-refractivity contribution in [3.63, 3.8) is 0 Å². The largest absolute Gasteiger partial charge is 0.340 e. The monoisotopic (exact) mass is 404 g/mol. The van der Waals surface area contributed by atoms with Crippen LogP contribution in [0.2, 0.25) is 5.02 Å². The first-order valence-corrected chi connectivity index (χ1v) is 10.1. The molecule has 1 aliphatic heterocycles. The number of nitrogens with zero attached hydrogens (tertiary/aromatic N) is 2. The molecule has 1 aromatic carbocycles. The standard InChI is InChI=1S/C22H25ClN2O.ClH/c23-21-14-17(19-5-2-10-24-15-19)8-9-18(21)12-16-4-1-6-20(13-16)25-11-3-7-22(25)26;/h2,5,8-10,14-16,20H,1,3-4,6-7,11-13H2;1H. The van der Waals surface area contributed by atoms with Crippen molar-refractivity contribution in [2.24, 2.45) is 5.92 Å². The first-order chi connectivity index (χ1) is 12.7. The minimum absolute atomic E-state index is 0. The maximum atomic E-state index is 12.1. The Kier molecular flexibility index (Phi) is 6.78. The lowest BCUT2D eigenvalue weighted by Crippen LogP contribution is -2.39. The van der Waals surface area contributed by atoms with Crippen LogP contribution in [-0.2, 0) is 11.2 Å². The Balaban J connectivity index is 0.00000210. The second-order valence-corrected chi connectivity index (χ2v) is 8.04. The van der Waals surface area contributed by atoms with Gasteiger partial charge in [0.15, 0.2) is 0 Å². The zero-order valence-corrected chi connectivity index (χ0v) is 17.0. The van der Waals surface area contributed by atoms with Gasteiger partial charge in [0.05, 0.1) is 0 Å². The summed E-state index contributed by atoms with van der Waals surface area (Å²) in [5.74, 6) is 0.971. The molecule has 1 saturated heterocycles. The second-order valence-electron chi connectivity index (χ2n) is 7.63. The highest BCUT2D eigenvalue weighted by Gasteiger charge is 2.32. The van der Waals surface area contributed by atoms with Gasteiger partial charge in [-0.25, -0.2) is 0 Å². The molecule has 2 unspecified atom stereocenters. The molecular formula is C22H26Cl2N2O. The maximum absolute atomic E-state index is 12.1. The third kappa shape index (κ3) is 4.64. The lowest BCUT2D eigenvalue weighted by atomic mass is 9.81. The van der Waals surface area contributed by atoms with Crippen molar-refractivity contribution in [1.29, 1.82) is 0 Å². The van der Waals surface area contributed by atoms with E-state index in [1.54, 1.807) is 6.20 Å². The molecule has 2 atom stereocenters. The Labute approximate surface area is 172 Å². The van der Waals surface area contributed by atoms with Crippen LogP contribution < -0.4 is 0 Å².